The molecule has 1 fully saturated rings. The van der Waals surface area contributed by atoms with Crippen LogP contribution >= 0.6 is 0 Å². The summed E-state index contributed by atoms with van der Waals surface area (Å²) in [5, 5.41) is 13.2. The van der Waals surface area contributed by atoms with Crippen LogP contribution < -0.4 is 5.32 Å². The highest BCUT2D eigenvalue weighted by atomic mass is 19.1. The summed E-state index contributed by atoms with van der Waals surface area (Å²) in [6.45, 7) is 0.775. The molecule has 0 radical (unpaired) electrons. The molecule has 0 unspecified atom stereocenters. The first-order valence-electron chi connectivity index (χ1n) is 9.68. The van der Waals surface area contributed by atoms with E-state index < -0.39 is 11.7 Å². The van der Waals surface area contributed by atoms with Crippen molar-refractivity contribution >= 4 is 22.8 Å². The average molecular weight is 403 g/mol. The number of nitrogens with one attached hydrogen (secondary N) is 2. The molecule has 0 saturated carbocycles. The first kappa shape index (κ1) is 18.4. The van der Waals surface area contributed by atoms with Gasteiger partial charge in [-0.05, 0) is 60.9 Å². The Morgan fingerprint density at radius 2 is 1.97 bits per heavy atom. The molecular weight excluding hydrogens is 385 g/mol. The number of halogens is 1. The van der Waals surface area contributed by atoms with Gasteiger partial charge >= 0.3 is 0 Å². The minimum Gasteiger partial charge on any atom is -0.374 e. The van der Waals surface area contributed by atoms with Crippen LogP contribution in [-0.4, -0.2) is 32.9 Å². The van der Waals surface area contributed by atoms with Gasteiger partial charge in [-0.25, -0.2) is 9.37 Å². The largest absolute Gasteiger partial charge is 0.374 e. The Morgan fingerprint density at radius 1 is 1.10 bits per heavy atom. The van der Waals surface area contributed by atoms with Gasteiger partial charge in [0.2, 0.25) is 5.65 Å². The molecule has 1 aliphatic heterocycles. The zero-order valence-corrected chi connectivity index (χ0v) is 15.9. The predicted octanol–water partition coefficient (Wildman–Crippen LogP) is 4.26. The number of ether oxygens (including phenoxy) is 1. The Kier molecular flexibility index (Phi) is 4.68. The van der Waals surface area contributed by atoms with Crippen LogP contribution in [0.1, 0.15) is 34.9 Å². The molecule has 4 aromatic rings. The average Bonchev–Trinajstić information content (AvgIpc) is 3.46. The van der Waals surface area contributed by atoms with Crippen LogP contribution in [0, 0.1) is 5.82 Å². The molecule has 1 saturated heterocycles. The number of anilines is 1. The van der Waals surface area contributed by atoms with Gasteiger partial charge < -0.3 is 10.1 Å². The van der Waals surface area contributed by atoms with Crippen LogP contribution in [0.2, 0.25) is 0 Å². The topological polar surface area (TPSA) is 92.8 Å². The Bertz CT molecular complexity index is 1220. The van der Waals surface area contributed by atoms with E-state index in [-0.39, 0.29) is 11.7 Å². The van der Waals surface area contributed by atoms with E-state index in [2.05, 4.69) is 25.7 Å². The van der Waals surface area contributed by atoms with Gasteiger partial charge in [0.15, 0.2) is 0 Å². The molecule has 1 amide bonds. The number of hydrogen-bond donors (Lipinski definition) is 2. The van der Waals surface area contributed by atoms with E-state index >= 15 is 0 Å². The summed E-state index contributed by atoms with van der Waals surface area (Å²) >= 11 is 0. The van der Waals surface area contributed by atoms with E-state index in [9.17, 15) is 9.18 Å². The van der Waals surface area contributed by atoms with Crippen molar-refractivity contribution in [2.24, 2.45) is 0 Å². The van der Waals surface area contributed by atoms with E-state index in [0.29, 0.717) is 28.1 Å². The second-order valence-electron chi connectivity index (χ2n) is 7.14. The number of fused-ring (bicyclic) bond motifs is 1. The lowest BCUT2D eigenvalue weighted by Crippen LogP contribution is -2.14. The standard InChI is InChI=1S/C22H18FN5O2/c23-17-8-5-14(18-9-10-19-21(25-18)27-28-26-19)12-16(17)22(29)24-15-6-3-13(4-7-15)20-2-1-11-30-20/h3-10,12,20H,1-2,11H2,(H,24,29)(H,25,26,27,28)/t20-/m0/s1. The third-order valence-corrected chi connectivity index (χ3v) is 5.16. The minimum absolute atomic E-state index is 0.0576. The Morgan fingerprint density at radius 3 is 2.77 bits per heavy atom. The van der Waals surface area contributed by atoms with Gasteiger partial charge in [0, 0.05) is 17.9 Å². The molecule has 1 aliphatic rings. The van der Waals surface area contributed by atoms with Crippen molar-refractivity contribution in [3.63, 3.8) is 0 Å². The van der Waals surface area contributed by atoms with Gasteiger partial charge in [0.1, 0.15) is 11.3 Å². The molecule has 8 heteroatoms. The number of hydrogen-bond acceptors (Lipinski definition) is 5. The van der Waals surface area contributed by atoms with E-state index in [1.807, 2.05) is 12.1 Å². The van der Waals surface area contributed by atoms with E-state index in [4.69, 9.17) is 4.74 Å². The highest BCUT2D eigenvalue weighted by molar-refractivity contribution is 6.05. The maximum atomic E-state index is 14.4. The SMILES string of the molecule is O=C(Nc1ccc([C@@H]2CCCO2)cc1)c1cc(-c2ccc3n[nH]nc3n2)ccc1F. The van der Waals surface area contributed by atoms with Crippen molar-refractivity contribution in [3.05, 3.63) is 71.5 Å². The predicted molar refractivity (Wildman–Crippen MR) is 109 cm³/mol. The number of aromatic amines is 1. The van der Waals surface area contributed by atoms with Gasteiger partial charge in [-0.3, -0.25) is 4.79 Å². The van der Waals surface area contributed by atoms with E-state index in [0.717, 1.165) is 25.0 Å². The van der Waals surface area contributed by atoms with Crippen molar-refractivity contribution in [1.82, 2.24) is 20.4 Å². The second kappa shape index (κ2) is 7.64. The highest BCUT2D eigenvalue weighted by Gasteiger charge is 2.18. The molecule has 7 nitrogen and oxygen atoms in total. The Balaban J connectivity index is 1.37. The minimum atomic E-state index is -0.602. The number of nitrogens with zero attached hydrogens (tertiary/aromatic N) is 3. The molecule has 1 atom stereocenters. The molecule has 3 heterocycles. The van der Waals surface area contributed by atoms with Crippen LogP contribution in [0.3, 0.4) is 0 Å². The molecule has 2 aromatic heterocycles. The monoisotopic (exact) mass is 403 g/mol. The third-order valence-electron chi connectivity index (χ3n) is 5.16. The van der Waals surface area contributed by atoms with Gasteiger partial charge in [-0.2, -0.15) is 10.3 Å². The van der Waals surface area contributed by atoms with Crippen LogP contribution in [0.25, 0.3) is 22.4 Å². The lowest BCUT2D eigenvalue weighted by Gasteiger charge is -2.11. The molecule has 2 aromatic carbocycles. The summed E-state index contributed by atoms with van der Waals surface area (Å²) < 4.78 is 20.1. The van der Waals surface area contributed by atoms with Gasteiger partial charge in [-0.15, -0.1) is 5.10 Å². The molecule has 30 heavy (non-hydrogen) atoms. The number of benzene rings is 2. The summed E-state index contributed by atoms with van der Waals surface area (Å²) in [4.78, 5) is 17.1. The smallest absolute Gasteiger partial charge is 0.258 e. The van der Waals surface area contributed by atoms with Crippen LogP contribution in [0.15, 0.2) is 54.6 Å². The molecule has 5 rings (SSSR count). The number of rotatable bonds is 4. The quantitative estimate of drug-likeness (QED) is 0.531. The summed E-state index contributed by atoms with van der Waals surface area (Å²) in [5.74, 6) is -1.13. The number of carbonyl (C=O) groups is 1. The molecule has 0 bridgehead atoms. The molecule has 150 valence electrons. The number of carbonyl (C=O) groups excluding carboxylic acids is 1. The first-order chi connectivity index (χ1) is 14.7. The summed E-state index contributed by atoms with van der Waals surface area (Å²) in [7, 11) is 0. The van der Waals surface area contributed by atoms with Crippen molar-refractivity contribution in [2.75, 3.05) is 11.9 Å². The summed E-state index contributed by atoms with van der Waals surface area (Å²) in [6.07, 6.45) is 2.16. The van der Waals surface area contributed by atoms with Crippen LogP contribution in [-0.2, 0) is 4.74 Å². The first-order valence-corrected chi connectivity index (χ1v) is 9.68. The summed E-state index contributed by atoms with van der Waals surface area (Å²) in [6, 6.07) is 15.3. The molecule has 0 aliphatic carbocycles. The van der Waals surface area contributed by atoms with Gasteiger partial charge in [0.25, 0.3) is 5.91 Å². The maximum absolute atomic E-state index is 14.4. The Labute approximate surface area is 171 Å². The van der Waals surface area contributed by atoms with E-state index in [1.165, 1.54) is 12.1 Å². The lowest BCUT2D eigenvalue weighted by atomic mass is 10.1. The zero-order valence-electron chi connectivity index (χ0n) is 15.9. The van der Waals surface area contributed by atoms with Gasteiger partial charge in [-0.1, -0.05) is 12.1 Å². The van der Waals surface area contributed by atoms with Crippen molar-refractivity contribution in [1.29, 1.82) is 0 Å². The molecule has 0 spiro atoms. The van der Waals surface area contributed by atoms with Crippen LogP contribution in [0.4, 0.5) is 10.1 Å². The highest BCUT2D eigenvalue weighted by Crippen LogP contribution is 2.29. The van der Waals surface area contributed by atoms with Crippen LogP contribution in [0.5, 0.6) is 0 Å². The fraction of sp³-hybridized carbons (Fsp3) is 0.182. The fourth-order valence-electron chi connectivity index (χ4n) is 3.58. The lowest BCUT2D eigenvalue weighted by molar-refractivity contribution is 0.102. The zero-order chi connectivity index (χ0) is 20.5. The number of amides is 1. The summed E-state index contributed by atoms with van der Waals surface area (Å²) in [5.41, 5.74) is 3.88. The Hall–Kier alpha value is -3.65. The number of pyridine rings is 1. The van der Waals surface area contributed by atoms with E-state index in [1.54, 1.807) is 30.3 Å². The van der Waals surface area contributed by atoms with Crippen molar-refractivity contribution in [2.45, 2.75) is 18.9 Å². The second-order valence-corrected chi connectivity index (χ2v) is 7.14. The van der Waals surface area contributed by atoms with Crippen molar-refractivity contribution < 1.29 is 13.9 Å². The normalized spacial score (nSPS) is 16.1. The maximum Gasteiger partial charge on any atom is 0.258 e. The fourth-order valence-corrected chi connectivity index (χ4v) is 3.58. The number of aromatic nitrogens is 4. The number of H-pyrrole nitrogens is 1. The van der Waals surface area contributed by atoms with Crippen molar-refractivity contribution in [3.8, 4) is 11.3 Å². The molecule has 2 N–H and O–H groups in total. The third kappa shape index (κ3) is 3.53. The molecular formula is C22H18FN5O2. The van der Waals surface area contributed by atoms with Gasteiger partial charge in [0.05, 0.1) is 17.4 Å².